The van der Waals surface area contributed by atoms with Crippen molar-refractivity contribution in [2.75, 3.05) is 0 Å². The van der Waals surface area contributed by atoms with E-state index < -0.39 is 20.2 Å². The van der Waals surface area contributed by atoms with Gasteiger partial charge in [-0.15, -0.1) is 0 Å². The molecular weight excluding hydrogens is 655 g/mol. The van der Waals surface area contributed by atoms with Gasteiger partial charge < -0.3 is 19.9 Å². The molecule has 236 valence electrons. The summed E-state index contributed by atoms with van der Waals surface area (Å²) >= 11 is 0. The van der Waals surface area contributed by atoms with Crippen LogP contribution in [-0.2, 0) is 20.2 Å². The number of hydrogen-bond donors (Lipinski definition) is 6. The van der Waals surface area contributed by atoms with E-state index >= 15 is 0 Å². The van der Waals surface area contributed by atoms with Gasteiger partial charge in [0.15, 0.2) is 0 Å². The zero-order chi connectivity index (χ0) is 32.9. The van der Waals surface area contributed by atoms with E-state index in [1.54, 1.807) is 18.2 Å². The molecule has 1 aliphatic rings. The first-order valence-electron chi connectivity index (χ1n) is 14.5. The quantitative estimate of drug-likeness (QED) is 0.149. The Hall–Kier alpha value is -5.87. The molecule has 0 amide bonds. The molecule has 6 N–H and O–H groups in total. The van der Waals surface area contributed by atoms with Crippen molar-refractivity contribution in [2.24, 2.45) is 15.0 Å². The van der Waals surface area contributed by atoms with Crippen molar-refractivity contribution >= 4 is 86.9 Å². The molecule has 0 unspecified atom stereocenters. The third kappa shape index (κ3) is 4.40. The maximum Gasteiger partial charge on any atom is 0.294 e. The van der Waals surface area contributed by atoms with E-state index in [4.69, 9.17) is 15.0 Å². The summed E-state index contributed by atoms with van der Waals surface area (Å²) in [4.78, 5) is 27.4. The first-order chi connectivity index (χ1) is 23.0. The molecule has 13 nitrogen and oxygen atoms in total. The second-order valence-electron chi connectivity index (χ2n) is 11.4. The summed E-state index contributed by atoms with van der Waals surface area (Å²) in [6.45, 7) is 0. The summed E-state index contributed by atoms with van der Waals surface area (Å²) in [7, 11) is -9.08. The van der Waals surface area contributed by atoms with E-state index in [2.05, 4.69) is 19.9 Å². The standard InChI is InChI=1S/C33H21N7O6S2/c41-47(42,43)16-10-12-23-24(13-16)27-15-26-18-11-9-17(48(44,45)46)14-25(18)33(34-26)40-32-22-8-4-3-7-21(22)31(39-32)38-30-20-6-2-1-5-19(20)29(37-30)36-28(23)35-27/h1-15H,(H,41,42,43)(H,44,45,46)(H4,34,35,36,37,38,39,40). The number of aromatic nitrogens is 4. The Kier molecular flexibility index (Phi) is 5.80. The van der Waals surface area contributed by atoms with Crippen molar-refractivity contribution in [2.45, 2.75) is 9.79 Å². The minimum absolute atomic E-state index is 0.291. The molecule has 0 fully saturated rings. The molecule has 4 aromatic carbocycles. The average molecular weight is 676 g/mol. The van der Waals surface area contributed by atoms with Crippen molar-refractivity contribution in [3.8, 4) is 0 Å². The van der Waals surface area contributed by atoms with Crippen LogP contribution in [0.2, 0.25) is 0 Å². The van der Waals surface area contributed by atoms with Gasteiger partial charge in [0, 0.05) is 54.1 Å². The molecule has 0 aliphatic carbocycles. The van der Waals surface area contributed by atoms with Gasteiger partial charge in [-0.2, -0.15) is 16.8 Å². The molecule has 8 bridgehead atoms. The van der Waals surface area contributed by atoms with Crippen LogP contribution in [0.3, 0.4) is 0 Å². The van der Waals surface area contributed by atoms with E-state index in [-0.39, 0.29) is 9.79 Å². The number of benzene rings is 4. The molecule has 0 atom stereocenters. The number of hydrogen-bond acceptors (Lipinski definition) is 7. The minimum Gasteiger partial charge on any atom is -0.339 e. The van der Waals surface area contributed by atoms with Crippen molar-refractivity contribution in [3.05, 3.63) is 112 Å². The normalized spacial score (nSPS) is 13.4. The van der Waals surface area contributed by atoms with Gasteiger partial charge in [0.05, 0.1) is 9.79 Å². The van der Waals surface area contributed by atoms with Crippen molar-refractivity contribution in [1.82, 2.24) is 19.9 Å². The second-order valence-corrected chi connectivity index (χ2v) is 14.2. The zero-order valence-corrected chi connectivity index (χ0v) is 26.0. The van der Waals surface area contributed by atoms with E-state index in [1.807, 2.05) is 48.5 Å². The van der Waals surface area contributed by atoms with Crippen LogP contribution in [0.15, 0.2) is 110 Å². The van der Waals surface area contributed by atoms with Gasteiger partial charge in [-0.1, -0.05) is 54.6 Å². The smallest absolute Gasteiger partial charge is 0.294 e. The highest BCUT2D eigenvalue weighted by Gasteiger charge is 2.18. The molecular formula is C33H21N7O6S2. The van der Waals surface area contributed by atoms with Gasteiger partial charge in [0.25, 0.3) is 20.2 Å². The van der Waals surface area contributed by atoms with E-state index in [1.165, 1.54) is 24.3 Å². The minimum atomic E-state index is -4.54. The van der Waals surface area contributed by atoms with Gasteiger partial charge in [-0.3, -0.25) is 9.11 Å². The third-order valence-corrected chi connectivity index (χ3v) is 10.2. The molecule has 0 saturated heterocycles. The monoisotopic (exact) mass is 675 g/mol. The lowest BCUT2D eigenvalue weighted by molar-refractivity contribution is 0.481. The first kappa shape index (κ1) is 28.4. The summed E-state index contributed by atoms with van der Waals surface area (Å²) in [5.41, 5.74) is 1.79. The van der Waals surface area contributed by atoms with Crippen LogP contribution >= 0.6 is 0 Å². The van der Waals surface area contributed by atoms with Gasteiger partial charge in [0.1, 0.15) is 33.9 Å². The molecule has 9 rings (SSSR count). The lowest BCUT2D eigenvalue weighted by atomic mass is 10.1. The maximum absolute atomic E-state index is 12.1. The molecule has 48 heavy (non-hydrogen) atoms. The zero-order valence-electron chi connectivity index (χ0n) is 24.3. The molecule has 5 heterocycles. The van der Waals surface area contributed by atoms with Crippen LogP contribution in [0, 0.1) is 0 Å². The molecule has 15 heteroatoms. The molecule has 0 radical (unpaired) electrons. The molecule has 0 spiro atoms. The largest absolute Gasteiger partial charge is 0.339 e. The Bertz CT molecular complexity index is 3190. The first-order valence-corrected chi connectivity index (χ1v) is 17.4. The summed E-state index contributed by atoms with van der Waals surface area (Å²) < 4.78 is 68.3. The van der Waals surface area contributed by atoms with Crippen LogP contribution in [-0.4, -0.2) is 45.9 Å². The van der Waals surface area contributed by atoms with Crippen LogP contribution < -0.4 is 21.8 Å². The lowest BCUT2D eigenvalue weighted by Crippen LogP contribution is -2.10. The number of nitrogens with one attached hydrogen (secondary N) is 4. The fraction of sp³-hybridized carbons (Fsp3) is 0. The Morgan fingerprint density at radius 3 is 1.48 bits per heavy atom. The number of H-pyrrole nitrogens is 4. The number of rotatable bonds is 2. The number of aromatic amines is 4. The van der Waals surface area contributed by atoms with E-state index in [0.717, 1.165) is 21.5 Å². The van der Waals surface area contributed by atoms with E-state index in [0.29, 0.717) is 66.5 Å². The maximum atomic E-state index is 12.1. The van der Waals surface area contributed by atoms with Crippen LogP contribution in [0.25, 0.3) is 49.2 Å². The summed E-state index contributed by atoms with van der Waals surface area (Å²) in [5, 5.41) is 5.66. The van der Waals surface area contributed by atoms with Gasteiger partial charge in [-0.05, 0) is 36.4 Å². The lowest BCUT2D eigenvalue weighted by Gasteiger charge is -1.98. The highest BCUT2D eigenvalue weighted by Crippen LogP contribution is 2.34. The number of fused-ring (bicyclic) bond motifs is 20. The molecule has 4 aromatic heterocycles. The third-order valence-electron chi connectivity index (χ3n) is 8.48. The Labute approximate surface area is 269 Å². The van der Waals surface area contributed by atoms with Gasteiger partial charge >= 0.3 is 0 Å². The summed E-state index contributed by atoms with van der Waals surface area (Å²) in [5.74, 6) is 1.39. The molecule has 0 saturated carbocycles. The fourth-order valence-electron chi connectivity index (χ4n) is 6.27. The molecule has 8 aromatic rings. The SMILES string of the molecule is O=S(=O)(O)c1ccc2c3[nH]c(c2c1)C=c1[nH]c(c2cc(S(=O)(=O)O)ccc12)=Nc1[nH]c(c2ccccc12)N=c1[nH]c(c2ccccc12)=N3. The Morgan fingerprint density at radius 1 is 0.458 bits per heavy atom. The predicted molar refractivity (Wildman–Crippen MR) is 178 cm³/mol. The predicted octanol–water partition coefficient (Wildman–Crippen LogP) is 4.10. The highest BCUT2D eigenvalue weighted by atomic mass is 32.2. The fourth-order valence-corrected chi connectivity index (χ4v) is 7.29. The highest BCUT2D eigenvalue weighted by molar-refractivity contribution is 7.86. The van der Waals surface area contributed by atoms with Gasteiger partial charge in [-0.25, -0.2) is 15.0 Å². The Balaban J connectivity index is 1.49. The van der Waals surface area contributed by atoms with Crippen LogP contribution in [0.1, 0.15) is 5.69 Å². The Morgan fingerprint density at radius 2 is 0.917 bits per heavy atom. The van der Waals surface area contributed by atoms with E-state index in [9.17, 15) is 25.9 Å². The van der Waals surface area contributed by atoms with Crippen LogP contribution in [0.4, 0.5) is 17.5 Å². The van der Waals surface area contributed by atoms with Crippen molar-refractivity contribution < 1.29 is 25.9 Å². The summed E-state index contributed by atoms with van der Waals surface area (Å²) in [6, 6.07) is 23.6. The van der Waals surface area contributed by atoms with Crippen LogP contribution in [0.5, 0.6) is 0 Å². The van der Waals surface area contributed by atoms with Crippen molar-refractivity contribution in [3.63, 3.8) is 0 Å². The van der Waals surface area contributed by atoms with Crippen molar-refractivity contribution in [1.29, 1.82) is 0 Å². The summed E-state index contributed by atoms with van der Waals surface area (Å²) in [6.07, 6.45) is 1.72. The molecule has 1 aliphatic heterocycles. The average Bonchev–Trinajstić information content (AvgIpc) is 3.79. The topological polar surface area (TPSA) is 209 Å². The van der Waals surface area contributed by atoms with Gasteiger partial charge in [0.2, 0.25) is 0 Å². The number of nitrogens with zero attached hydrogens (tertiary/aromatic N) is 3. The second kappa shape index (κ2) is 9.82.